The van der Waals surface area contributed by atoms with Crippen LogP contribution in [0.5, 0.6) is 11.5 Å². The number of hydrogen-bond donors (Lipinski definition) is 1. The number of benzene rings is 2. The minimum atomic E-state index is -0.338. The Labute approximate surface area is 199 Å². The lowest BCUT2D eigenvalue weighted by atomic mass is 9.92. The molecule has 178 valence electrons. The average Bonchev–Trinajstić information content (AvgIpc) is 3.05. The minimum absolute atomic E-state index is 0.179. The van der Waals surface area contributed by atoms with Crippen LogP contribution in [0.1, 0.15) is 57.1 Å². The zero-order chi connectivity index (χ0) is 24.2. The summed E-state index contributed by atoms with van der Waals surface area (Å²) in [6.07, 6.45) is 0.820. The number of carbonyl (C=O) groups is 1. The van der Waals surface area contributed by atoms with E-state index in [1.54, 1.807) is 6.07 Å². The second-order valence-electron chi connectivity index (χ2n) is 9.10. The first-order valence-electron chi connectivity index (χ1n) is 11.7. The van der Waals surface area contributed by atoms with E-state index < -0.39 is 0 Å². The van der Waals surface area contributed by atoms with Gasteiger partial charge in [-0.1, -0.05) is 45.9 Å². The summed E-state index contributed by atoms with van der Waals surface area (Å²) in [6.45, 7) is 9.41. The molecule has 0 aliphatic carbocycles. The summed E-state index contributed by atoms with van der Waals surface area (Å²) in [7, 11) is 0. The predicted octanol–water partition coefficient (Wildman–Crippen LogP) is 4.96. The van der Waals surface area contributed by atoms with Crippen LogP contribution >= 0.6 is 0 Å². The molecule has 7 nitrogen and oxygen atoms in total. The number of anilines is 1. The van der Waals surface area contributed by atoms with Gasteiger partial charge in [0.05, 0.1) is 18.9 Å². The summed E-state index contributed by atoms with van der Waals surface area (Å²) in [6, 6.07) is 14.7. The molecule has 1 amide bonds. The number of hydrogen-bond acceptors (Lipinski definition) is 5. The fraction of sp³-hybridized carbons (Fsp3) is 0.370. The van der Waals surface area contributed by atoms with Crippen LogP contribution in [0, 0.1) is 0 Å². The number of fused-ring (bicyclic) bond motifs is 1. The highest BCUT2D eigenvalue weighted by atomic mass is 16.5. The average molecular weight is 462 g/mol. The van der Waals surface area contributed by atoms with Gasteiger partial charge in [0.1, 0.15) is 6.54 Å². The molecule has 0 fully saturated rings. The van der Waals surface area contributed by atoms with Crippen LogP contribution in [0.2, 0.25) is 0 Å². The standard InChI is InChI=1S/C27H31N3O4/c1-17(2)20-7-5-8-21(18(3)4)27(20)28-25(31)16-30-26(32)12-10-22(29-30)19-9-11-23-24(15-19)34-14-6-13-33-23/h5,7-12,15,17-18H,6,13-14,16H2,1-4H3,(H,28,31). The molecule has 0 bridgehead atoms. The Morgan fingerprint density at radius 1 is 0.971 bits per heavy atom. The Balaban J connectivity index is 1.59. The fourth-order valence-electron chi connectivity index (χ4n) is 4.05. The third kappa shape index (κ3) is 5.14. The largest absolute Gasteiger partial charge is 0.490 e. The van der Waals surface area contributed by atoms with E-state index in [2.05, 4.69) is 38.1 Å². The Morgan fingerprint density at radius 2 is 1.65 bits per heavy atom. The van der Waals surface area contributed by atoms with Gasteiger partial charge in [0.25, 0.3) is 5.56 Å². The van der Waals surface area contributed by atoms with Gasteiger partial charge in [0.2, 0.25) is 5.91 Å². The summed E-state index contributed by atoms with van der Waals surface area (Å²) in [5.41, 5.74) is 3.99. The minimum Gasteiger partial charge on any atom is -0.490 e. The maximum Gasteiger partial charge on any atom is 0.267 e. The lowest BCUT2D eigenvalue weighted by Crippen LogP contribution is -2.30. The Morgan fingerprint density at radius 3 is 2.32 bits per heavy atom. The molecule has 3 aromatic rings. The number of amides is 1. The van der Waals surface area contributed by atoms with Gasteiger partial charge in [0.15, 0.2) is 11.5 Å². The van der Waals surface area contributed by atoms with Crippen molar-refractivity contribution < 1.29 is 14.3 Å². The molecule has 0 saturated heterocycles. The van der Waals surface area contributed by atoms with Crippen LogP contribution in [0.15, 0.2) is 53.3 Å². The van der Waals surface area contributed by atoms with Crippen LogP contribution in [0.4, 0.5) is 5.69 Å². The summed E-state index contributed by atoms with van der Waals surface area (Å²) >= 11 is 0. The Bertz CT molecular complexity index is 1220. The lowest BCUT2D eigenvalue weighted by molar-refractivity contribution is -0.117. The summed E-state index contributed by atoms with van der Waals surface area (Å²) in [5.74, 6) is 1.55. The van der Waals surface area contributed by atoms with Crippen LogP contribution in [0.25, 0.3) is 11.3 Å². The third-order valence-corrected chi connectivity index (χ3v) is 5.84. The van der Waals surface area contributed by atoms with Gasteiger partial charge in [-0.15, -0.1) is 0 Å². The highest BCUT2D eigenvalue weighted by molar-refractivity contribution is 5.92. The van der Waals surface area contributed by atoms with E-state index in [9.17, 15) is 9.59 Å². The predicted molar refractivity (Wildman–Crippen MR) is 133 cm³/mol. The van der Waals surface area contributed by atoms with E-state index in [0.717, 1.165) is 28.8 Å². The van der Waals surface area contributed by atoms with E-state index >= 15 is 0 Å². The molecule has 1 N–H and O–H groups in total. The molecule has 2 aromatic carbocycles. The first-order chi connectivity index (χ1) is 16.3. The molecule has 0 unspecified atom stereocenters. The molecule has 2 heterocycles. The van der Waals surface area contributed by atoms with E-state index in [-0.39, 0.29) is 29.8 Å². The summed E-state index contributed by atoms with van der Waals surface area (Å²) in [5, 5.41) is 7.51. The molecule has 1 aliphatic rings. The van der Waals surface area contributed by atoms with Gasteiger partial charge < -0.3 is 14.8 Å². The topological polar surface area (TPSA) is 82.5 Å². The monoisotopic (exact) mass is 461 g/mol. The SMILES string of the molecule is CC(C)c1cccc(C(C)C)c1NC(=O)Cn1nc(-c2ccc3c(c2)OCCCO3)ccc1=O. The molecule has 0 atom stereocenters. The molecule has 0 spiro atoms. The second-order valence-corrected chi connectivity index (χ2v) is 9.10. The first kappa shape index (κ1) is 23.5. The fourth-order valence-corrected chi connectivity index (χ4v) is 4.05. The Hall–Kier alpha value is -3.61. The van der Waals surface area contributed by atoms with Crippen molar-refractivity contribution in [1.82, 2.24) is 9.78 Å². The Kier molecular flexibility index (Phi) is 7.01. The number of nitrogens with zero attached hydrogens (tertiary/aromatic N) is 2. The highest BCUT2D eigenvalue weighted by Gasteiger charge is 2.17. The van der Waals surface area contributed by atoms with Crippen molar-refractivity contribution in [2.24, 2.45) is 0 Å². The van der Waals surface area contributed by atoms with Crippen molar-refractivity contribution in [2.45, 2.75) is 52.5 Å². The van der Waals surface area contributed by atoms with Gasteiger partial charge >= 0.3 is 0 Å². The summed E-state index contributed by atoms with van der Waals surface area (Å²) in [4.78, 5) is 25.5. The van der Waals surface area contributed by atoms with Crippen LogP contribution in [-0.2, 0) is 11.3 Å². The van der Waals surface area contributed by atoms with Crippen molar-refractivity contribution in [2.75, 3.05) is 18.5 Å². The van der Waals surface area contributed by atoms with Crippen molar-refractivity contribution in [3.63, 3.8) is 0 Å². The van der Waals surface area contributed by atoms with Crippen LogP contribution in [0.3, 0.4) is 0 Å². The molecule has 1 aromatic heterocycles. The van der Waals surface area contributed by atoms with E-state index in [4.69, 9.17) is 9.47 Å². The van der Waals surface area contributed by atoms with Crippen molar-refractivity contribution in [3.8, 4) is 22.8 Å². The van der Waals surface area contributed by atoms with E-state index in [1.807, 2.05) is 36.4 Å². The van der Waals surface area contributed by atoms with Crippen LogP contribution < -0.4 is 20.3 Å². The maximum atomic E-state index is 13.0. The molecule has 1 aliphatic heterocycles. The molecular formula is C27H31N3O4. The lowest BCUT2D eigenvalue weighted by Gasteiger charge is -2.20. The number of para-hydroxylation sites is 1. The van der Waals surface area contributed by atoms with Gasteiger partial charge in [-0.3, -0.25) is 9.59 Å². The van der Waals surface area contributed by atoms with Crippen molar-refractivity contribution in [1.29, 1.82) is 0 Å². The van der Waals surface area contributed by atoms with Gasteiger partial charge in [0, 0.05) is 23.7 Å². The first-order valence-corrected chi connectivity index (χ1v) is 11.7. The zero-order valence-electron chi connectivity index (χ0n) is 20.1. The number of ether oxygens (including phenoxy) is 2. The van der Waals surface area contributed by atoms with Gasteiger partial charge in [-0.05, 0) is 47.2 Å². The normalized spacial score (nSPS) is 13.1. The van der Waals surface area contributed by atoms with Gasteiger partial charge in [-0.25, -0.2) is 4.68 Å². The van der Waals surface area contributed by atoms with E-state index in [0.29, 0.717) is 30.4 Å². The number of aromatic nitrogens is 2. The quantitative estimate of drug-likeness (QED) is 0.561. The molecular weight excluding hydrogens is 430 g/mol. The zero-order valence-corrected chi connectivity index (χ0v) is 20.1. The number of nitrogens with one attached hydrogen (secondary N) is 1. The number of rotatable bonds is 6. The maximum absolute atomic E-state index is 13.0. The third-order valence-electron chi connectivity index (χ3n) is 5.84. The molecule has 7 heteroatoms. The van der Waals surface area contributed by atoms with Crippen LogP contribution in [-0.4, -0.2) is 28.9 Å². The van der Waals surface area contributed by atoms with Gasteiger partial charge in [-0.2, -0.15) is 5.10 Å². The highest BCUT2D eigenvalue weighted by Crippen LogP contribution is 2.34. The summed E-state index contributed by atoms with van der Waals surface area (Å²) < 4.78 is 12.7. The molecule has 0 saturated carbocycles. The van der Waals surface area contributed by atoms with Crippen molar-refractivity contribution in [3.05, 3.63) is 70.0 Å². The molecule has 0 radical (unpaired) electrons. The van der Waals surface area contributed by atoms with E-state index in [1.165, 1.54) is 10.7 Å². The van der Waals surface area contributed by atoms with Crippen molar-refractivity contribution >= 4 is 11.6 Å². The second kappa shape index (κ2) is 10.1. The smallest absolute Gasteiger partial charge is 0.267 e. The molecule has 4 rings (SSSR count). The number of carbonyl (C=O) groups excluding carboxylic acids is 1. The molecule has 34 heavy (non-hydrogen) atoms.